The van der Waals surface area contributed by atoms with Crippen molar-refractivity contribution in [3.63, 3.8) is 0 Å². The predicted molar refractivity (Wildman–Crippen MR) is 313 cm³/mol. The number of ether oxygens (including phenoxy) is 3. The van der Waals surface area contributed by atoms with Crippen molar-refractivity contribution in [1.29, 1.82) is 0 Å². The van der Waals surface area contributed by atoms with Crippen LogP contribution in [0.4, 0.5) is 52.1 Å². The molecule has 6 aliphatic rings. The van der Waals surface area contributed by atoms with E-state index in [4.69, 9.17) is 25.7 Å². The van der Waals surface area contributed by atoms with Gasteiger partial charge in [-0.15, -0.1) is 0 Å². The number of Topliss-reactive ketones (excluding diaryl/α,β-unsaturated/α-hetero) is 2. The minimum atomic E-state index is -4.82. The zero-order valence-electron chi connectivity index (χ0n) is 51.1. The van der Waals surface area contributed by atoms with Crippen molar-refractivity contribution in [2.24, 2.45) is 22.3 Å². The molecule has 22 nitrogen and oxygen atoms in total. The molecule has 4 aliphatic carbocycles. The normalized spacial score (nSPS) is 22.0. The Kier molecular flexibility index (Phi) is 18.8. The highest BCUT2D eigenvalue weighted by molar-refractivity contribution is 6.02. The van der Waals surface area contributed by atoms with E-state index in [9.17, 15) is 59.9 Å². The van der Waals surface area contributed by atoms with Gasteiger partial charge in [0.15, 0.2) is 23.0 Å². The molecule has 5 amide bonds. The molecule has 89 heavy (non-hydrogen) atoms. The topological polar surface area (TPSA) is 281 Å². The van der Waals surface area contributed by atoms with Gasteiger partial charge in [-0.2, -0.15) is 36.5 Å². The smallest absolute Gasteiger partial charge is 0.435 e. The number of alkyl halides is 6. The van der Waals surface area contributed by atoms with Crippen LogP contribution in [0.2, 0.25) is 0 Å². The highest BCUT2D eigenvalue weighted by Crippen LogP contribution is 2.44. The van der Waals surface area contributed by atoms with Crippen molar-refractivity contribution in [2.75, 3.05) is 63.0 Å². The lowest BCUT2D eigenvalue weighted by Crippen LogP contribution is -2.52. The molecule has 0 bridgehead atoms. The molecule has 2 aliphatic heterocycles. The van der Waals surface area contributed by atoms with Crippen LogP contribution in [0.1, 0.15) is 177 Å². The number of nitrogens with zero attached hydrogens (tertiary/aromatic N) is 7. The Balaban J connectivity index is 0.000000214. The standard InChI is InChI=1S/C33H43F3N6O6.C28H35F3N6O4/c1-31(2,3)48-30(46)41-14-12-40(13-15-41)29(45)47-21-9-6-19(7-10-21)38-23-16-20(8-11-22(23)28(37)44)42-24-17-32(4,5)18-25(43)26(24)27(39-42)33(34,35)36;1-27(2)14-21-23(22(38)15-27)24(28(29,30)31)35-37(21)17-5-8-19(25(32)39)20(13-17)34-16-3-6-18(7-4-16)41-26(40)36-11-9-33-10-12-36/h8,11,16,19,21,38H,6-7,9-10,12-15,17-18H2,1-5H3,(H2,37,44);5,8,13,16,18,33-34H,3-4,6-7,9-12,14-15H2,1-2H3,(H2,32,39). The van der Waals surface area contributed by atoms with Gasteiger partial charge in [0.25, 0.3) is 11.8 Å². The van der Waals surface area contributed by atoms with E-state index in [0.717, 1.165) is 17.8 Å². The molecule has 7 N–H and O–H groups in total. The molecule has 2 aromatic carbocycles. The molecule has 4 fully saturated rings. The Bertz CT molecular complexity index is 3360. The predicted octanol–water partition coefficient (Wildman–Crippen LogP) is 9.47. The van der Waals surface area contributed by atoms with Crippen molar-refractivity contribution in [2.45, 2.75) is 168 Å². The molecule has 2 saturated heterocycles. The summed E-state index contributed by atoms with van der Waals surface area (Å²) in [6.07, 6.45) is -6.09. The second-order valence-electron chi connectivity index (χ2n) is 26.4. The first-order valence-electron chi connectivity index (χ1n) is 30.1. The number of hydrogen-bond acceptors (Lipinski definition) is 15. The van der Waals surface area contributed by atoms with Crippen LogP contribution in [0.5, 0.6) is 0 Å². The third-order valence-corrected chi connectivity index (χ3v) is 16.8. The Morgan fingerprint density at radius 3 is 1.26 bits per heavy atom. The number of hydrogen-bond donors (Lipinski definition) is 5. The largest absolute Gasteiger partial charge is 0.446 e. The summed E-state index contributed by atoms with van der Waals surface area (Å²) in [7, 11) is 0. The number of fused-ring (bicyclic) bond motifs is 2. The SMILES string of the molecule is CC1(C)CC(=O)c2c(C(F)(F)F)nn(-c3ccc(C(N)=O)c(NC4CCC(OC(=O)N5CCN(C(=O)OC(C)(C)C)CC5)CC4)c3)c2C1.CC1(C)CC(=O)c2c(C(F)(F)F)nn(-c3ccc(C(N)=O)c(NC4CCC(OC(=O)N5CCNCC5)CC4)c3)c2C1. The Morgan fingerprint density at radius 1 is 0.551 bits per heavy atom. The molecule has 4 heterocycles. The van der Waals surface area contributed by atoms with Crippen molar-refractivity contribution < 1.29 is 74.1 Å². The van der Waals surface area contributed by atoms with Crippen LogP contribution in [-0.4, -0.2) is 158 Å². The number of carbonyl (C=O) groups excluding carboxylic acids is 7. The van der Waals surface area contributed by atoms with Crippen molar-refractivity contribution in [3.8, 4) is 11.4 Å². The molecule has 4 aromatic rings. The zero-order valence-corrected chi connectivity index (χ0v) is 51.1. The number of aromatic nitrogens is 4. The highest BCUT2D eigenvalue weighted by atomic mass is 19.4. The van der Waals surface area contributed by atoms with Crippen LogP contribution >= 0.6 is 0 Å². The van der Waals surface area contributed by atoms with Crippen LogP contribution in [0.3, 0.4) is 0 Å². The molecular formula is C61H78F6N12O10. The molecule has 0 atom stereocenters. The summed E-state index contributed by atoms with van der Waals surface area (Å²) in [6.45, 7) is 16.7. The van der Waals surface area contributed by atoms with Gasteiger partial charge < -0.3 is 56.3 Å². The average molecular weight is 1250 g/mol. The summed E-state index contributed by atoms with van der Waals surface area (Å²) in [5, 5.41) is 17.6. The Morgan fingerprint density at radius 2 is 0.910 bits per heavy atom. The number of rotatable bonds is 10. The van der Waals surface area contributed by atoms with Gasteiger partial charge in [-0.3, -0.25) is 19.2 Å². The van der Waals surface area contributed by atoms with Crippen LogP contribution in [-0.2, 0) is 39.4 Å². The van der Waals surface area contributed by atoms with Crippen LogP contribution in [0.25, 0.3) is 11.4 Å². The number of nitrogens with two attached hydrogens (primary N) is 2. The van der Waals surface area contributed by atoms with E-state index in [0.29, 0.717) is 102 Å². The summed E-state index contributed by atoms with van der Waals surface area (Å²) >= 11 is 0. The summed E-state index contributed by atoms with van der Waals surface area (Å²) in [4.78, 5) is 92.7. The van der Waals surface area contributed by atoms with Gasteiger partial charge in [0.1, 0.15) is 17.8 Å². The third-order valence-electron chi connectivity index (χ3n) is 16.8. The van der Waals surface area contributed by atoms with Gasteiger partial charge in [0.2, 0.25) is 0 Å². The lowest BCUT2D eigenvalue weighted by molar-refractivity contribution is -0.142. The number of primary amides is 2. The lowest BCUT2D eigenvalue weighted by Gasteiger charge is -2.36. The Labute approximate surface area is 511 Å². The second-order valence-corrected chi connectivity index (χ2v) is 26.4. The molecule has 2 aromatic heterocycles. The number of halogens is 6. The number of anilines is 2. The van der Waals surface area contributed by atoms with E-state index in [-0.39, 0.29) is 95.5 Å². The maximum atomic E-state index is 14.0. The fourth-order valence-electron chi connectivity index (χ4n) is 12.5. The van der Waals surface area contributed by atoms with Crippen LogP contribution in [0.15, 0.2) is 36.4 Å². The maximum absolute atomic E-state index is 14.0. The molecule has 10 rings (SSSR count). The molecule has 0 spiro atoms. The molecule has 0 unspecified atom stereocenters. The monoisotopic (exact) mass is 1250 g/mol. The number of benzene rings is 2. The second kappa shape index (κ2) is 25.5. The van der Waals surface area contributed by atoms with Gasteiger partial charge in [-0.25, -0.2) is 23.7 Å². The summed E-state index contributed by atoms with van der Waals surface area (Å²) in [5.41, 5.74) is 8.32. The molecule has 28 heteroatoms. The Hall–Kier alpha value is -7.91. The minimum Gasteiger partial charge on any atom is -0.446 e. The van der Waals surface area contributed by atoms with Gasteiger partial charge >= 0.3 is 30.6 Å². The fourth-order valence-corrected chi connectivity index (χ4v) is 12.5. The van der Waals surface area contributed by atoms with Crippen molar-refractivity contribution in [3.05, 3.63) is 81.4 Å². The van der Waals surface area contributed by atoms with E-state index < -0.39 is 81.3 Å². The molecular weight excluding hydrogens is 1170 g/mol. The number of carbonyl (C=O) groups is 7. The fraction of sp³-hybridized carbons (Fsp3) is 0.590. The van der Waals surface area contributed by atoms with E-state index in [1.54, 1.807) is 41.5 Å². The van der Waals surface area contributed by atoms with E-state index in [1.165, 1.54) is 35.0 Å². The molecule has 2 saturated carbocycles. The number of amides is 5. The van der Waals surface area contributed by atoms with E-state index in [1.807, 2.05) is 27.7 Å². The van der Waals surface area contributed by atoms with E-state index in [2.05, 4.69) is 26.1 Å². The number of ketones is 2. The maximum Gasteiger partial charge on any atom is 0.435 e. The van der Waals surface area contributed by atoms with Gasteiger partial charge in [0, 0.05) is 88.7 Å². The van der Waals surface area contributed by atoms with E-state index >= 15 is 0 Å². The summed E-state index contributed by atoms with van der Waals surface area (Å²) in [5.74, 6) is -2.59. The zero-order chi connectivity index (χ0) is 64.7. The quantitative estimate of drug-likeness (QED) is 0.0730. The molecule has 484 valence electrons. The van der Waals surface area contributed by atoms with Crippen LogP contribution in [0, 0.1) is 10.8 Å². The van der Waals surface area contributed by atoms with Crippen molar-refractivity contribution >= 4 is 53.0 Å². The third kappa shape index (κ3) is 15.6. The van der Waals surface area contributed by atoms with Crippen LogP contribution < -0.4 is 27.4 Å². The average Bonchev–Trinajstić information content (AvgIpc) is 1.63. The number of nitrogens with one attached hydrogen (secondary N) is 3. The summed E-state index contributed by atoms with van der Waals surface area (Å²) < 4.78 is 103. The summed E-state index contributed by atoms with van der Waals surface area (Å²) in [6, 6.07) is 8.72. The molecule has 0 radical (unpaired) electrons. The number of piperazine rings is 2. The highest BCUT2D eigenvalue weighted by Gasteiger charge is 2.47. The first kappa shape index (κ1) is 65.5. The van der Waals surface area contributed by atoms with Gasteiger partial charge in [0.05, 0.1) is 45.0 Å². The first-order chi connectivity index (χ1) is 41.6. The minimum absolute atomic E-state index is 0.00455. The van der Waals surface area contributed by atoms with Crippen molar-refractivity contribution in [1.82, 2.24) is 39.6 Å². The first-order valence-corrected chi connectivity index (χ1v) is 30.1. The van der Waals surface area contributed by atoms with Gasteiger partial charge in [-0.1, -0.05) is 27.7 Å². The lowest BCUT2D eigenvalue weighted by atomic mass is 9.75. The van der Waals surface area contributed by atoms with Gasteiger partial charge in [-0.05, 0) is 132 Å².